The van der Waals surface area contributed by atoms with Crippen LogP contribution >= 0.6 is 0 Å². The molecule has 0 saturated heterocycles. The normalized spacial score (nSPS) is 10.8. The molecule has 0 aliphatic carbocycles. The lowest BCUT2D eigenvalue weighted by molar-refractivity contribution is -0.385. The van der Waals surface area contributed by atoms with Crippen molar-refractivity contribution in [2.45, 2.75) is 26.6 Å². The van der Waals surface area contributed by atoms with Crippen LogP contribution in [0.2, 0.25) is 0 Å². The Balaban J connectivity index is 1.94. The summed E-state index contributed by atoms with van der Waals surface area (Å²) < 4.78 is 1.57. The Morgan fingerprint density at radius 3 is 2.95 bits per heavy atom. The lowest BCUT2D eigenvalue weighted by Gasteiger charge is -2.06. The first kappa shape index (κ1) is 15.1. The summed E-state index contributed by atoms with van der Waals surface area (Å²) in [7, 11) is 0. The van der Waals surface area contributed by atoms with Crippen molar-refractivity contribution in [3.05, 3.63) is 51.3 Å². The molecular weight excluding hydrogens is 274 g/mol. The minimum absolute atomic E-state index is 0.0170. The maximum Gasteiger partial charge on any atom is 0.272 e. The molecule has 0 spiro atoms. The number of rotatable bonds is 7. The van der Waals surface area contributed by atoms with Gasteiger partial charge in [0.05, 0.1) is 23.8 Å². The number of hydrogen-bond donors (Lipinski definition) is 2. The number of nitrogens with one attached hydrogen (secondary N) is 1. The second-order valence-electron chi connectivity index (χ2n) is 4.62. The van der Waals surface area contributed by atoms with Crippen molar-refractivity contribution in [1.82, 2.24) is 20.3 Å². The first-order valence-corrected chi connectivity index (χ1v) is 6.55. The minimum Gasteiger partial charge on any atom is -0.394 e. The van der Waals surface area contributed by atoms with Crippen molar-refractivity contribution in [2.75, 3.05) is 6.61 Å². The van der Waals surface area contributed by atoms with Crippen molar-refractivity contribution in [3.8, 4) is 0 Å². The lowest BCUT2D eigenvalue weighted by atomic mass is 10.1. The van der Waals surface area contributed by atoms with Crippen LogP contribution in [0.25, 0.3) is 0 Å². The van der Waals surface area contributed by atoms with Crippen molar-refractivity contribution < 1.29 is 10.0 Å². The van der Waals surface area contributed by atoms with Crippen molar-refractivity contribution in [2.24, 2.45) is 0 Å². The summed E-state index contributed by atoms with van der Waals surface area (Å²) in [5.74, 6) is 0. The summed E-state index contributed by atoms with van der Waals surface area (Å²) in [5, 5.41) is 30.7. The molecule has 0 aliphatic rings. The summed E-state index contributed by atoms with van der Waals surface area (Å²) in [6.07, 6.45) is 1.75. The number of hydrogen-bond acceptors (Lipinski definition) is 6. The standard InChI is InChI=1S/C13H17N5O3/c1-10-11(3-2-4-13(10)18(20)21)7-14-8-12-9-17(5-6-19)16-15-12/h2-4,9,14,19H,5-8H2,1H3. The Bertz CT molecular complexity index is 626. The molecule has 0 saturated carbocycles. The fourth-order valence-electron chi connectivity index (χ4n) is 2.02. The molecule has 1 aromatic carbocycles. The fourth-order valence-corrected chi connectivity index (χ4v) is 2.02. The van der Waals surface area contributed by atoms with E-state index in [1.54, 1.807) is 23.9 Å². The zero-order chi connectivity index (χ0) is 15.2. The smallest absolute Gasteiger partial charge is 0.272 e. The van der Waals surface area contributed by atoms with Gasteiger partial charge in [-0.1, -0.05) is 17.3 Å². The molecule has 0 aliphatic heterocycles. The number of nitrogens with zero attached hydrogens (tertiary/aromatic N) is 4. The molecule has 8 nitrogen and oxygen atoms in total. The second-order valence-corrected chi connectivity index (χ2v) is 4.62. The summed E-state index contributed by atoms with van der Waals surface area (Å²) >= 11 is 0. The molecule has 112 valence electrons. The van der Waals surface area contributed by atoms with Gasteiger partial charge in [-0.25, -0.2) is 4.68 Å². The van der Waals surface area contributed by atoms with Crippen molar-refractivity contribution in [3.63, 3.8) is 0 Å². The lowest BCUT2D eigenvalue weighted by Crippen LogP contribution is -2.14. The van der Waals surface area contributed by atoms with Crippen molar-refractivity contribution in [1.29, 1.82) is 0 Å². The van der Waals surface area contributed by atoms with Crippen LogP contribution in [0.1, 0.15) is 16.8 Å². The molecule has 0 radical (unpaired) electrons. The fraction of sp³-hybridized carbons (Fsp3) is 0.385. The molecule has 1 aromatic heterocycles. The first-order valence-electron chi connectivity index (χ1n) is 6.55. The quantitative estimate of drug-likeness (QED) is 0.576. The third-order valence-electron chi connectivity index (χ3n) is 3.15. The molecule has 0 fully saturated rings. The Morgan fingerprint density at radius 1 is 1.43 bits per heavy atom. The van der Waals surface area contributed by atoms with Gasteiger partial charge < -0.3 is 10.4 Å². The number of nitro benzene ring substituents is 1. The molecule has 2 N–H and O–H groups in total. The molecular formula is C13H17N5O3. The number of aromatic nitrogens is 3. The molecule has 0 bridgehead atoms. The van der Waals surface area contributed by atoms with Gasteiger partial charge in [0.2, 0.25) is 0 Å². The predicted molar refractivity (Wildman–Crippen MR) is 75.5 cm³/mol. The molecule has 0 atom stereocenters. The maximum absolute atomic E-state index is 10.9. The predicted octanol–water partition coefficient (Wildman–Crippen LogP) is 0.777. The molecule has 2 aromatic rings. The number of aliphatic hydroxyl groups excluding tert-OH is 1. The monoisotopic (exact) mass is 291 g/mol. The van der Waals surface area contributed by atoms with E-state index in [0.29, 0.717) is 25.2 Å². The van der Waals surface area contributed by atoms with Gasteiger partial charge in [0.15, 0.2) is 0 Å². The molecule has 0 unspecified atom stereocenters. The van der Waals surface area contributed by atoms with Crippen LogP contribution in [0.4, 0.5) is 5.69 Å². The van der Waals surface area contributed by atoms with Crippen LogP contribution in [0.3, 0.4) is 0 Å². The average Bonchev–Trinajstić information content (AvgIpc) is 2.88. The van der Waals surface area contributed by atoms with Crippen LogP contribution < -0.4 is 5.32 Å². The number of benzene rings is 1. The number of aliphatic hydroxyl groups is 1. The van der Waals surface area contributed by atoms with Gasteiger partial charge in [-0.3, -0.25) is 10.1 Å². The van der Waals surface area contributed by atoms with E-state index in [-0.39, 0.29) is 17.2 Å². The zero-order valence-corrected chi connectivity index (χ0v) is 11.7. The summed E-state index contributed by atoms with van der Waals surface area (Å²) in [4.78, 5) is 10.5. The van der Waals surface area contributed by atoms with E-state index in [1.165, 1.54) is 6.07 Å². The first-order chi connectivity index (χ1) is 10.1. The van der Waals surface area contributed by atoms with Gasteiger partial charge in [0.25, 0.3) is 5.69 Å². The Labute approximate surface area is 121 Å². The maximum atomic E-state index is 10.9. The van der Waals surface area contributed by atoms with E-state index in [2.05, 4.69) is 15.6 Å². The second kappa shape index (κ2) is 6.91. The minimum atomic E-state index is -0.376. The Hall–Kier alpha value is -2.32. The number of nitro groups is 1. The highest BCUT2D eigenvalue weighted by Crippen LogP contribution is 2.20. The molecule has 21 heavy (non-hydrogen) atoms. The van der Waals surface area contributed by atoms with E-state index in [4.69, 9.17) is 5.11 Å². The zero-order valence-electron chi connectivity index (χ0n) is 11.7. The topological polar surface area (TPSA) is 106 Å². The summed E-state index contributed by atoms with van der Waals surface area (Å²) in [6, 6.07) is 5.04. The van der Waals surface area contributed by atoms with Gasteiger partial charge in [-0.15, -0.1) is 5.10 Å². The highest BCUT2D eigenvalue weighted by atomic mass is 16.6. The van der Waals surface area contributed by atoms with Crippen LogP contribution in [0.15, 0.2) is 24.4 Å². The van der Waals surface area contributed by atoms with E-state index in [0.717, 1.165) is 11.3 Å². The van der Waals surface area contributed by atoms with Gasteiger partial charge in [-0.2, -0.15) is 0 Å². The highest BCUT2D eigenvalue weighted by Gasteiger charge is 2.12. The Kier molecular flexibility index (Phi) is 4.96. The summed E-state index contributed by atoms with van der Waals surface area (Å²) in [6.45, 7) is 3.20. The van der Waals surface area contributed by atoms with E-state index in [9.17, 15) is 10.1 Å². The van der Waals surface area contributed by atoms with Gasteiger partial charge in [0.1, 0.15) is 0 Å². The molecule has 0 amide bonds. The van der Waals surface area contributed by atoms with Gasteiger partial charge >= 0.3 is 0 Å². The molecule has 2 rings (SSSR count). The van der Waals surface area contributed by atoms with Crippen molar-refractivity contribution >= 4 is 5.69 Å². The third-order valence-corrected chi connectivity index (χ3v) is 3.15. The molecule has 1 heterocycles. The SMILES string of the molecule is Cc1c(CNCc2cn(CCO)nn2)cccc1[N+](=O)[O-]. The van der Waals surface area contributed by atoms with Gasteiger partial charge in [0, 0.05) is 30.9 Å². The third kappa shape index (κ3) is 3.83. The average molecular weight is 291 g/mol. The van der Waals surface area contributed by atoms with Crippen LogP contribution in [0.5, 0.6) is 0 Å². The van der Waals surface area contributed by atoms with Crippen LogP contribution in [-0.2, 0) is 19.6 Å². The van der Waals surface area contributed by atoms with Gasteiger partial charge in [-0.05, 0) is 12.5 Å². The Morgan fingerprint density at radius 2 is 2.24 bits per heavy atom. The van der Waals surface area contributed by atoms with E-state index < -0.39 is 0 Å². The highest BCUT2D eigenvalue weighted by molar-refractivity contribution is 5.44. The van der Waals surface area contributed by atoms with Crippen LogP contribution in [-0.4, -0.2) is 31.6 Å². The largest absolute Gasteiger partial charge is 0.394 e. The van der Waals surface area contributed by atoms with E-state index >= 15 is 0 Å². The van der Waals surface area contributed by atoms with Crippen LogP contribution in [0, 0.1) is 17.0 Å². The summed E-state index contributed by atoms with van der Waals surface area (Å²) in [5.41, 5.74) is 2.43. The van der Waals surface area contributed by atoms with E-state index in [1.807, 2.05) is 6.07 Å². The molecule has 8 heteroatoms.